The van der Waals surface area contributed by atoms with Gasteiger partial charge in [0.05, 0.1) is 0 Å². The molecule has 0 aliphatic carbocycles. The van der Waals surface area contributed by atoms with Crippen LogP contribution in [0.3, 0.4) is 0 Å². The van der Waals surface area contributed by atoms with Crippen LogP contribution in [-0.2, 0) is 0 Å². The number of rotatable bonds is 0. The van der Waals surface area contributed by atoms with Gasteiger partial charge in [-0.1, -0.05) is 6.92 Å². The van der Waals surface area contributed by atoms with E-state index in [9.17, 15) is 0 Å². The number of hydrogen-bond acceptors (Lipinski definition) is 2. The van der Waals surface area contributed by atoms with Gasteiger partial charge in [-0.15, -0.1) is 0 Å². The maximum atomic E-state index is 8.97. The summed E-state index contributed by atoms with van der Waals surface area (Å²) < 4.78 is 0. The Morgan fingerprint density at radius 2 is 1.17 bits per heavy atom. The van der Waals surface area contributed by atoms with E-state index in [1.54, 1.807) is 0 Å². The Morgan fingerprint density at radius 3 is 1.17 bits per heavy atom. The normalized spacial score (nSPS) is 6.00. The Morgan fingerprint density at radius 1 is 1.17 bits per heavy atom. The zero-order chi connectivity index (χ0) is 3.58. The summed E-state index contributed by atoms with van der Waals surface area (Å²) in [5.41, 5.74) is 0. The second kappa shape index (κ2) is 10.0. The molecule has 26 valence electrons. The molecule has 0 aliphatic heterocycles. The fraction of sp³-hybridized carbons (Fsp3) is 1.00. The summed E-state index contributed by atoms with van der Waals surface area (Å²) in [6.07, 6.45) is -1.67. The van der Waals surface area contributed by atoms with Gasteiger partial charge in [0.1, 0.15) is 0 Å². The summed E-state index contributed by atoms with van der Waals surface area (Å²) in [5.74, 6) is 0. The SMILES string of the molecule is CC([O-])[O-].[Na+].[Na+]. The van der Waals surface area contributed by atoms with E-state index < -0.39 is 6.29 Å². The Bertz CT molecular complexity index is 14.3. The Hall–Kier alpha value is 1.92. The maximum Gasteiger partial charge on any atom is 1.00 e. The standard InChI is InChI=1S/C2H4O2.2Na/c1-2(3)4;;/h2H,1H3;;/q-2;2*+1. The van der Waals surface area contributed by atoms with Crippen LogP contribution in [0.1, 0.15) is 6.92 Å². The van der Waals surface area contributed by atoms with Gasteiger partial charge in [0, 0.05) is 0 Å². The van der Waals surface area contributed by atoms with Gasteiger partial charge < -0.3 is 10.2 Å². The van der Waals surface area contributed by atoms with Crippen LogP contribution in [0.4, 0.5) is 0 Å². The molecule has 0 rings (SSSR count). The Balaban J connectivity index is -0.0000000450. The van der Waals surface area contributed by atoms with E-state index in [0.29, 0.717) is 0 Å². The first-order chi connectivity index (χ1) is 1.73. The average molecular weight is 106 g/mol. The first kappa shape index (κ1) is 15.7. The molecule has 0 saturated carbocycles. The molecule has 0 aromatic rings. The minimum atomic E-state index is -1.67. The van der Waals surface area contributed by atoms with Crippen molar-refractivity contribution in [1.82, 2.24) is 0 Å². The van der Waals surface area contributed by atoms with Crippen LogP contribution in [0.25, 0.3) is 0 Å². The van der Waals surface area contributed by atoms with Gasteiger partial charge in [0.15, 0.2) is 0 Å². The summed E-state index contributed by atoms with van der Waals surface area (Å²) in [6.45, 7) is 1.06. The fourth-order valence-corrected chi connectivity index (χ4v) is 0. The summed E-state index contributed by atoms with van der Waals surface area (Å²) >= 11 is 0. The van der Waals surface area contributed by atoms with Gasteiger partial charge in [-0.25, -0.2) is 6.29 Å². The number of hydrogen-bond donors (Lipinski definition) is 0. The molecule has 0 N–H and O–H groups in total. The first-order valence-corrected chi connectivity index (χ1v) is 1.05. The van der Waals surface area contributed by atoms with E-state index in [-0.39, 0.29) is 59.1 Å². The molecule has 0 fully saturated rings. The van der Waals surface area contributed by atoms with Crippen LogP contribution in [0.15, 0.2) is 0 Å². The first-order valence-electron chi connectivity index (χ1n) is 1.05. The zero-order valence-electron chi connectivity index (χ0n) is 4.39. The third-order valence-electron chi connectivity index (χ3n) is 0. The fourth-order valence-electron chi connectivity index (χ4n) is 0. The van der Waals surface area contributed by atoms with Crippen LogP contribution in [0.2, 0.25) is 0 Å². The van der Waals surface area contributed by atoms with Crippen molar-refractivity contribution in [3.63, 3.8) is 0 Å². The van der Waals surface area contributed by atoms with E-state index in [4.69, 9.17) is 10.2 Å². The van der Waals surface area contributed by atoms with E-state index in [0.717, 1.165) is 6.92 Å². The summed E-state index contributed by atoms with van der Waals surface area (Å²) in [6, 6.07) is 0. The van der Waals surface area contributed by atoms with Gasteiger partial charge in [-0.3, -0.25) is 0 Å². The van der Waals surface area contributed by atoms with Crippen molar-refractivity contribution >= 4 is 0 Å². The van der Waals surface area contributed by atoms with Crippen LogP contribution in [0.5, 0.6) is 0 Å². The van der Waals surface area contributed by atoms with Crippen molar-refractivity contribution in [2.75, 3.05) is 0 Å². The molecule has 0 saturated heterocycles. The van der Waals surface area contributed by atoms with E-state index in [1.165, 1.54) is 0 Å². The second-order valence-electron chi connectivity index (χ2n) is 0.568. The quantitative estimate of drug-likeness (QED) is 0.227. The summed E-state index contributed by atoms with van der Waals surface area (Å²) in [4.78, 5) is 0. The van der Waals surface area contributed by atoms with Gasteiger partial charge in [-0.2, -0.15) is 0 Å². The second-order valence-corrected chi connectivity index (χ2v) is 0.568. The molecule has 0 heterocycles. The summed E-state index contributed by atoms with van der Waals surface area (Å²) in [5, 5.41) is 17.9. The molecule has 0 aromatic heterocycles. The molecule has 0 aromatic carbocycles. The predicted molar refractivity (Wildman–Crippen MR) is 9.46 cm³/mol. The van der Waals surface area contributed by atoms with E-state index in [2.05, 4.69) is 0 Å². The van der Waals surface area contributed by atoms with Crippen LogP contribution < -0.4 is 69.3 Å². The molecule has 0 unspecified atom stereocenters. The van der Waals surface area contributed by atoms with Crippen molar-refractivity contribution in [3.8, 4) is 0 Å². The van der Waals surface area contributed by atoms with Crippen molar-refractivity contribution in [2.24, 2.45) is 0 Å². The monoisotopic (exact) mass is 106 g/mol. The molecule has 0 bridgehead atoms. The molecule has 0 amide bonds. The Labute approximate surface area is 81.5 Å². The van der Waals surface area contributed by atoms with Crippen LogP contribution in [-0.4, -0.2) is 6.29 Å². The minimum absolute atomic E-state index is 0. The Kier molecular flexibility index (Phi) is 26.2. The molecule has 0 radical (unpaired) electrons. The van der Waals surface area contributed by atoms with Crippen molar-refractivity contribution in [3.05, 3.63) is 0 Å². The van der Waals surface area contributed by atoms with Crippen LogP contribution in [0, 0.1) is 0 Å². The van der Waals surface area contributed by atoms with Crippen molar-refractivity contribution < 1.29 is 69.3 Å². The predicted octanol–water partition coefficient (Wildman–Crippen LogP) is -7.94. The molecular weight excluding hydrogens is 102 g/mol. The van der Waals surface area contributed by atoms with E-state index >= 15 is 0 Å². The van der Waals surface area contributed by atoms with Gasteiger partial charge >= 0.3 is 59.1 Å². The third-order valence-corrected chi connectivity index (χ3v) is 0. The molecule has 0 atom stereocenters. The smallest absolute Gasteiger partial charge is 0.866 e. The maximum absolute atomic E-state index is 8.97. The molecule has 4 heteroatoms. The van der Waals surface area contributed by atoms with Crippen molar-refractivity contribution in [1.29, 1.82) is 0 Å². The molecule has 6 heavy (non-hydrogen) atoms. The van der Waals surface area contributed by atoms with Gasteiger partial charge in [0.2, 0.25) is 0 Å². The summed E-state index contributed by atoms with van der Waals surface area (Å²) in [7, 11) is 0. The average Bonchev–Trinajstić information content (AvgIpc) is 0.811. The molecule has 0 spiro atoms. The van der Waals surface area contributed by atoms with E-state index in [1.807, 2.05) is 0 Å². The molecular formula is C2H4Na2O2. The van der Waals surface area contributed by atoms with Crippen LogP contribution >= 0.6 is 0 Å². The van der Waals surface area contributed by atoms with Gasteiger partial charge in [0.25, 0.3) is 0 Å². The third kappa shape index (κ3) is 38.9. The minimum Gasteiger partial charge on any atom is -0.866 e. The van der Waals surface area contributed by atoms with Crippen molar-refractivity contribution in [2.45, 2.75) is 13.2 Å². The van der Waals surface area contributed by atoms with Gasteiger partial charge in [-0.05, 0) is 0 Å². The topological polar surface area (TPSA) is 46.1 Å². The largest absolute Gasteiger partial charge is 1.00 e. The molecule has 0 aliphatic rings. The zero-order valence-corrected chi connectivity index (χ0v) is 8.39. The molecule has 2 nitrogen and oxygen atoms in total.